The monoisotopic (exact) mass is 365 g/mol. The third-order valence-corrected chi connectivity index (χ3v) is 4.63. The molecule has 0 spiro atoms. The molecule has 0 unspecified atom stereocenters. The maximum Gasteiger partial charge on any atom is 0.299 e. The summed E-state index contributed by atoms with van der Waals surface area (Å²) in [5.41, 5.74) is 2.75. The van der Waals surface area contributed by atoms with Crippen LogP contribution in [-0.4, -0.2) is 27.8 Å². The highest BCUT2D eigenvalue weighted by Crippen LogP contribution is 2.33. The number of carbonyl (C=O) groups is 1. The van der Waals surface area contributed by atoms with Gasteiger partial charge in [-0.3, -0.25) is 4.79 Å². The number of hydrogen-bond acceptors (Lipinski definition) is 6. The Bertz CT molecular complexity index is 1060. The van der Waals surface area contributed by atoms with Gasteiger partial charge in [0.25, 0.3) is 6.47 Å². The van der Waals surface area contributed by atoms with Gasteiger partial charge in [-0.25, -0.2) is 4.68 Å². The molecular formula is C19H15N3O3S. The number of nitrogens with zero attached hydrogens (tertiary/aromatic N) is 3. The molecule has 0 saturated heterocycles. The Hall–Kier alpha value is -3.19. The van der Waals surface area contributed by atoms with Gasteiger partial charge in [0.2, 0.25) is 11.0 Å². The molecule has 0 aliphatic heterocycles. The van der Waals surface area contributed by atoms with Crippen LogP contribution in [0.4, 0.5) is 0 Å². The molecule has 6 nitrogen and oxygen atoms in total. The van der Waals surface area contributed by atoms with E-state index in [1.54, 1.807) is 10.1 Å². The average molecular weight is 365 g/mol. The molecule has 0 fully saturated rings. The lowest BCUT2D eigenvalue weighted by atomic mass is 10.1. The van der Waals surface area contributed by atoms with Gasteiger partial charge in [-0.15, -0.1) is 0 Å². The first kappa shape index (κ1) is 16.3. The van der Waals surface area contributed by atoms with Crippen LogP contribution in [0.1, 0.15) is 6.92 Å². The van der Waals surface area contributed by atoms with Gasteiger partial charge in [0.05, 0.1) is 17.5 Å². The Kier molecular flexibility index (Phi) is 4.37. The van der Waals surface area contributed by atoms with Crippen LogP contribution in [0.15, 0.2) is 53.9 Å². The van der Waals surface area contributed by atoms with Gasteiger partial charge < -0.3 is 9.47 Å². The van der Waals surface area contributed by atoms with Gasteiger partial charge in [-0.05, 0) is 19.1 Å². The first-order valence-corrected chi connectivity index (χ1v) is 8.95. The van der Waals surface area contributed by atoms with E-state index in [2.05, 4.69) is 4.98 Å². The van der Waals surface area contributed by atoms with Crippen LogP contribution in [0, 0.1) is 0 Å². The molecule has 0 radical (unpaired) electrons. The van der Waals surface area contributed by atoms with Crippen molar-refractivity contribution >= 4 is 28.7 Å². The van der Waals surface area contributed by atoms with Gasteiger partial charge in [0, 0.05) is 17.0 Å². The van der Waals surface area contributed by atoms with Crippen molar-refractivity contribution in [3.63, 3.8) is 0 Å². The van der Waals surface area contributed by atoms with Crippen LogP contribution in [0.25, 0.3) is 27.3 Å². The highest BCUT2D eigenvalue weighted by atomic mass is 32.1. The molecular weight excluding hydrogens is 350 g/mol. The molecule has 2 aromatic heterocycles. The van der Waals surface area contributed by atoms with Gasteiger partial charge in [-0.2, -0.15) is 10.1 Å². The number of carbonyl (C=O) groups excluding carboxylic acids is 1. The molecule has 0 aliphatic rings. The van der Waals surface area contributed by atoms with Crippen molar-refractivity contribution in [1.82, 2.24) is 14.8 Å². The van der Waals surface area contributed by atoms with E-state index in [1.165, 1.54) is 11.3 Å². The van der Waals surface area contributed by atoms with Crippen LogP contribution >= 0.6 is 11.3 Å². The van der Waals surface area contributed by atoms with Crippen molar-refractivity contribution in [2.24, 2.45) is 0 Å². The van der Waals surface area contributed by atoms with Gasteiger partial charge in [0.15, 0.2) is 0 Å². The van der Waals surface area contributed by atoms with Crippen LogP contribution in [0.2, 0.25) is 0 Å². The molecule has 0 atom stereocenters. The maximum atomic E-state index is 10.5. The van der Waals surface area contributed by atoms with E-state index in [4.69, 9.17) is 14.6 Å². The zero-order valence-electron chi connectivity index (χ0n) is 14.0. The first-order valence-electron chi connectivity index (χ1n) is 8.07. The predicted octanol–water partition coefficient (Wildman–Crippen LogP) is 4.08. The fraction of sp³-hybridized carbons (Fsp3) is 0.105. The number of thiazole rings is 1. The molecule has 0 amide bonds. The summed E-state index contributed by atoms with van der Waals surface area (Å²) in [6, 6.07) is 15.9. The summed E-state index contributed by atoms with van der Waals surface area (Å²) in [6.07, 6.45) is 0. The third-order valence-electron chi connectivity index (χ3n) is 3.83. The number of aromatic nitrogens is 3. The molecule has 2 aromatic carbocycles. The smallest absolute Gasteiger partial charge is 0.299 e. The van der Waals surface area contributed by atoms with E-state index in [9.17, 15) is 4.79 Å². The zero-order chi connectivity index (χ0) is 17.9. The highest BCUT2D eigenvalue weighted by molar-refractivity contribution is 7.12. The predicted molar refractivity (Wildman–Crippen MR) is 100 cm³/mol. The fourth-order valence-corrected chi connectivity index (χ4v) is 3.45. The quantitative estimate of drug-likeness (QED) is 0.482. The average Bonchev–Trinajstić information content (AvgIpc) is 3.27. The van der Waals surface area contributed by atoms with E-state index >= 15 is 0 Å². The minimum atomic E-state index is 0.255. The van der Waals surface area contributed by atoms with Crippen molar-refractivity contribution in [3.05, 3.63) is 53.9 Å². The second-order valence-electron chi connectivity index (χ2n) is 5.42. The normalized spacial score (nSPS) is 10.8. The third kappa shape index (κ3) is 2.93. The zero-order valence-corrected chi connectivity index (χ0v) is 14.8. The van der Waals surface area contributed by atoms with Crippen molar-refractivity contribution in [3.8, 4) is 28.0 Å². The number of hydrogen-bond donors (Lipinski definition) is 0. The lowest BCUT2D eigenvalue weighted by Gasteiger charge is -2.04. The van der Waals surface area contributed by atoms with E-state index < -0.39 is 0 Å². The molecule has 0 saturated carbocycles. The molecule has 130 valence electrons. The molecule has 0 aliphatic carbocycles. The Morgan fingerprint density at radius 3 is 2.81 bits per heavy atom. The maximum absolute atomic E-state index is 10.5. The van der Waals surface area contributed by atoms with Crippen molar-refractivity contribution in [1.29, 1.82) is 0 Å². The van der Waals surface area contributed by atoms with Gasteiger partial charge >= 0.3 is 0 Å². The molecule has 0 bridgehead atoms. The first-order chi connectivity index (χ1) is 12.8. The standard InChI is InChI=1S/C19H15N3O3S/c1-2-24-14-8-9-15-16(10-14)22(19-20-17(11-26-19)25-12-23)21-18(15)13-6-4-3-5-7-13/h3-12H,2H2,1H3. The number of ether oxygens (including phenoxy) is 2. The van der Waals surface area contributed by atoms with Crippen molar-refractivity contribution < 1.29 is 14.3 Å². The molecule has 4 rings (SSSR count). The molecule has 7 heteroatoms. The van der Waals surface area contributed by atoms with E-state index in [-0.39, 0.29) is 5.88 Å². The lowest BCUT2D eigenvalue weighted by molar-refractivity contribution is -0.120. The number of fused-ring (bicyclic) bond motifs is 1. The Morgan fingerprint density at radius 1 is 1.19 bits per heavy atom. The fourth-order valence-electron chi connectivity index (χ4n) is 2.76. The van der Waals surface area contributed by atoms with Crippen LogP contribution in [0.3, 0.4) is 0 Å². The summed E-state index contributed by atoms with van der Waals surface area (Å²) in [4.78, 5) is 14.9. The van der Waals surface area contributed by atoms with Crippen LogP contribution in [-0.2, 0) is 4.79 Å². The van der Waals surface area contributed by atoms with Crippen molar-refractivity contribution in [2.45, 2.75) is 6.92 Å². The largest absolute Gasteiger partial charge is 0.494 e. The van der Waals surface area contributed by atoms with E-state index in [0.29, 0.717) is 18.2 Å². The molecule has 0 N–H and O–H groups in total. The van der Waals surface area contributed by atoms with Crippen molar-refractivity contribution in [2.75, 3.05) is 6.61 Å². The Labute approximate surface area is 153 Å². The molecule has 26 heavy (non-hydrogen) atoms. The topological polar surface area (TPSA) is 66.2 Å². The lowest BCUT2D eigenvalue weighted by Crippen LogP contribution is -1.97. The summed E-state index contributed by atoms with van der Waals surface area (Å²) in [5, 5.41) is 8.05. The van der Waals surface area contributed by atoms with Gasteiger partial charge in [-0.1, -0.05) is 41.7 Å². The molecule has 4 aromatic rings. The summed E-state index contributed by atoms with van der Waals surface area (Å²) >= 11 is 1.35. The summed E-state index contributed by atoms with van der Waals surface area (Å²) in [7, 11) is 0. The SMILES string of the molecule is CCOc1ccc2c(-c3ccccc3)nn(-c3nc(OC=O)cs3)c2c1. The molecule has 2 heterocycles. The minimum Gasteiger partial charge on any atom is -0.494 e. The second kappa shape index (κ2) is 6.97. The summed E-state index contributed by atoms with van der Waals surface area (Å²) in [6.45, 7) is 2.89. The van der Waals surface area contributed by atoms with E-state index in [0.717, 1.165) is 27.9 Å². The van der Waals surface area contributed by atoms with Crippen LogP contribution < -0.4 is 9.47 Å². The second-order valence-corrected chi connectivity index (χ2v) is 6.26. The highest BCUT2D eigenvalue weighted by Gasteiger charge is 2.17. The Balaban J connectivity index is 1.92. The van der Waals surface area contributed by atoms with Crippen LogP contribution in [0.5, 0.6) is 11.6 Å². The minimum absolute atomic E-state index is 0.255. The summed E-state index contributed by atoms with van der Waals surface area (Å²) < 4.78 is 12.2. The number of rotatable bonds is 6. The Morgan fingerprint density at radius 2 is 2.04 bits per heavy atom. The van der Waals surface area contributed by atoms with Gasteiger partial charge in [0.1, 0.15) is 11.4 Å². The number of benzene rings is 2. The van der Waals surface area contributed by atoms with E-state index in [1.807, 2.05) is 55.5 Å². The summed E-state index contributed by atoms with van der Waals surface area (Å²) in [5.74, 6) is 1.02.